The third-order valence-electron chi connectivity index (χ3n) is 4.62. The number of nitrogens with zero attached hydrogens (tertiary/aromatic N) is 1. The van der Waals surface area contributed by atoms with Gasteiger partial charge >= 0.3 is 5.63 Å². The van der Waals surface area contributed by atoms with Gasteiger partial charge in [-0.1, -0.05) is 30.3 Å². The fourth-order valence-electron chi connectivity index (χ4n) is 3.13. The topological polar surface area (TPSA) is 101 Å². The lowest BCUT2D eigenvalue weighted by atomic mass is 10.1. The number of hydrogen-bond acceptors (Lipinski definition) is 6. The van der Waals surface area contributed by atoms with Crippen molar-refractivity contribution in [3.05, 3.63) is 82.2 Å². The summed E-state index contributed by atoms with van der Waals surface area (Å²) >= 11 is 0. The summed E-state index contributed by atoms with van der Waals surface area (Å²) in [7, 11) is 0. The van der Waals surface area contributed by atoms with Gasteiger partial charge in [0.05, 0.1) is 6.21 Å². The first-order chi connectivity index (χ1) is 14.5. The van der Waals surface area contributed by atoms with Crippen molar-refractivity contribution in [1.82, 2.24) is 5.43 Å². The summed E-state index contributed by atoms with van der Waals surface area (Å²) in [5.74, 6) is 0.00942. The normalized spacial score (nSPS) is 11.2. The second-order valence-corrected chi connectivity index (χ2v) is 6.71. The van der Waals surface area contributed by atoms with Crippen LogP contribution in [0.4, 0.5) is 0 Å². The molecule has 3 aromatic carbocycles. The number of hydrazone groups is 1. The molecule has 4 rings (SSSR count). The Morgan fingerprint density at radius 3 is 2.83 bits per heavy atom. The Labute approximate surface area is 171 Å². The Kier molecular flexibility index (Phi) is 5.17. The van der Waals surface area contributed by atoms with Crippen molar-refractivity contribution in [2.75, 3.05) is 6.61 Å². The van der Waals surface area contributed by atoms with Crippen LogP contribution in [-0.4, -0.2) is 23.8 Å². The van der Waals surface area contributed by atoms with Crippen molar-refractivity contribution < 1.29 is 19.1 Å². The van der Waals surface area contributed by atoms with Gasteiger partial charge in [0.15, 0.2) is 6.61 Å². The van der Waals surface area contributed by atoms with Crippen molar-refractivity contribution in [2.45, 2.75) is 6.92 Å². The number of phenolic OH excluding ortho intramolecular Hbond substituents is 1. The average Bonchev–Trinajstić information content (AvgIpc) is 2.73. The Morgan fingerprint density at radius 1 is 1.13 bits per heavy atom. The number of benzene rings is 3. The van der Waals surface area contributed by atoms with Crippen molar-refractivity contribution in [3.8, 4) is 11.5 Å². The predicted octanol–water partition coefficient (Wildman–Crippen LogP) is 3.49. The fourth-order valence-corrected chi connectivity index (χ4v) is 3.13. The maximum Gasteiger partial charge on any atom is 0.336 e. The number of aryl methyl sites for hydroxylation is 1. The van der Waals surface area contributed by atoms with Crippen LogP contribution in [0.5, 0.6) is 11.5 Å². The number of aromatic hydroxyl groups is 1. The number of ether oxygens (including phenoxy) is 1. The van der Waals surface area contributed by atoms with Gasteiger partial charge in [-0.3, -0.25) is 4.79 Å². The van der Waals surface area contributed by atoms with E-state index in [9.17, 15) is 14.7 Å². The van der Waals surface area contributed by atoms with Gasteiger partial charge in [-0.25, -0.2) is 10.2 Å². The summed E-state index contributed by atoms with van der Waals surface area (Å²) in [6.07, 6.45) is 1.37. The molecule has 0 bridgehead atoms. The third kappa shape index (κ3) is 4.00. The maximum atomic E-state index is 12.0. The standard InChI is InChI=1S/C23H18N2O5/c1-14-10-22(27)30-20-11-17(8-9-18(14)20)29-13-21(26)25-24-12-16-7-6-15-4-2-3-5-19(15)23(16)28/h2-12,28H,13H2,1H3,(H,25,26)/b24-12+. The van der Waals surface area contributed by atoms with E-state index in [4.69, 9.17) is 9.15 Å². The number of nitrogens with one attached hydrogen (secondary N) is 1. The number of hydrogen-bond donors (Lipinski definition) is 2. The summed E-state index contributed by atoms with van der Waals surface area (Å²) in [5.41, 5.74) is 3.59. The number of phenols is 1. The van der Waals surface area contributed by atoms with Crippen LogP contribution in [0.25, 0.3) is 21.7 Å². The molecule has 1 aromatic heterocycles. The minimum Gasteiger partial charge on any atom is -0.507 e. The number of carbonyl (C=O) groups is 1. The van der Waals surface area contributed by atoms with Gasteiger partial charge in [0, 0.05) is 28.5 Å². The van der Waals surface area contributed by atoms with Crippen LogP contribution in [0.2, 0.25) is 0 Å². The molecule has 0 fully saturated rings. The highest BCUT2D eigenvalue weighted by atomic mass is 16.5. The number of rotatable bonds is 5. The van der Waals surface area contributed by atoms with E-state index in [-0.39, 0.29) is 12.4 Å². The summed E-state index contributed by atoms with van der Waals surface area (Å²) in [6.45, 7) is 1.54. The molecular formula is C23H18N2O5. The van der Waals surface area contributed by atoms with Gasteiger partial charge in [0.1, 0.15) is 17.1 Å². The lowest BCUT2D eigenvalue weighted by Crippen LogP contribution is -2.24. The van der Waals surface area contributed by atoms with Gasteiger partial charge in [0.2, 0.25) is 0 Å². The highest BCUT2D eigenvalue weighted by Gasteiger charge is 2.07. The van der Waals surface area contributed by atoms with E-state index in [1.165, 1.54) is 12.3 Å². The van der Waals surface area contributed by atoms with Crippen molar-refractivity contribution in [3.63, 3.8) is 0 Å². The minimum absolute atomic E-state index is 0.0929. The number of amides is 1. The lowest BCUT2D eigenvalue weighted by molar-refractivity contribution is -0.123. The highest BCUT2D eigenvalue weighted by molar-refractivity contribution is 5.97. The molecule has 0 saturated carbocycles. The van der Waals surface area contributed by atoms with E-state index < -0.39 is 11.5 Å². The van der Waals surface area contributed by atoms with E-state index in [0.717, 1.165) is 16.3 Å². The number of fused-ring (bicyclic) bond motifs is 2. The SMILES string of the molecule is Cc1cc(=O)oc2cc(OCC(=O)N/N=C/c3ccc4ccccc4c3O)ccc12. The molecule has 1 amide bonds. The molecule has 4 aromatic rings. The molecule has 0 radical (unpaired) electrons. The van der Waals surface area contributed by atoms with Gasteiger partial charge in [-0.05, 0) is 36.1 Å². The van der Waals surface area contributed by atoms with Crippen molar-refractivity contribution in [2.24, 2.45) is 5.10 Å². The Morgan fingerprint density at radius 2 is 1.97 bits per heavy atom. The highest BCUT2D eigenvalue weighted by Crippen LogP contribution is 2.27. The van der Waals surface area contributed by atoms with E-state index in [2.05, 4.69) is 10.5 Å². The molecular weight excluding hydrogens is 384 g/mol. The Balaban J connectivity index is 1.39. The molecule has 0 aliphatic heterocycles. The van der Waals surface area contributed by atoms with Gasteiger partial charge in [-0.2, -0.15) is 5.10 Å². The van der Waals surface area contributed by atoms with Crippen LogP contribution in [0.3, 0.4) is 0 Å². The number of carbonyl (C=O) groups excluding carboxylic acids is 1. The van der Waals surface area contributed by atoms with Crippen LogP contribution in [0.15, 0.2) is 75.0 Å². The molecule has 0 spiro atoms. The fraction of sp³-hybridized carbons (Fsp3) is 0.0870. The monoisotopic (exact) mass is 402 g/mol. The first-order valence-electron chi connectivity index (χ1n) is 9.21. The lowest BCUT2D eigenvalue weighted by Gasteiger charge is -2.07. The summed E-state index contributed by atoms with van der Waals surface area (Å²) < 4.78 is 10.6. The second kappa shape index (κ2) is 8.08. The van der Waals surface area contributed by atoms with Crippen LogP contribution in [-0.2, 0) is 4.79 Å². The van der Waals surface area contributed by atoms with Crippen LogP contribution < -0.4 is 15.8 Å². The van der Waals surface area contributed by atoms with Gasteiger partial charge < -0.3 is 14.3 Å². The molecule has 0 saturated heterocycles. The van der Waals surface area contributed by atoms with Crippen LogP contribution >= 0.6 is 0 Å². The summed E-state index contributed by atoms with van der Waals surface area (Å²) in [6, 6.07) is 17.4. The zero-order chi connectivity index (χ0) is 21.1. The van der Waals surface area contributed by atoms with E-state index in [1.54, 1.807) is 24.3 Å². The maximum absolute atomic E-state index is 12.0. The molecule has 2 N–H and O–H groups in total. The van der Waals surface area contributed by atoms with Crippen molar-refractivity contribution in [1.29, 1.82) is 0 Å². The van der Waals surface area contributed by atoms with Crippen molar-refractivity contribution >= 4 is 33.9 Å². The van der Waals surface area contributed by atoms with Gasteiger partial charge in [0.25, 0.3) is 5.91 Å². The van der Waals surface area contributed by atoms with E-state index >= 15 is 0 Å². The first-order valence-corrected chi connectivity index (χ1v) is 9.21. The zero-order valence-corrected chi connectivity index (χ0v) is 16.1. The van der Waals surface area contributed by atoms with Crippen LogP contribution in [0, 0.1) is 6.92 Å². The molecule has 7 nitrogen and oxygen atoms in total. The summed E-state index contributed by atoms with van der Waals surface area (Å²) in [4.78, 5) is 23.5. The van der Waals surface area contributed by atoms with Gasteiger partial charge in [-0.15, -0.1) is 0 Å². The van der Waals surface area contributed by atoms with E-state index in [0.29, 0.717) is 22.3 Å². The molecule has 0 unspecified atom stereocenters. The Hall–Kier alpha value is -4.13. The molecule has 7 heteroatoms. The molecule has 1 heterocycles. The van der Waals surface area contributed by atoms with E-state index in [1.807, 2.05) is 37.3 Å². The van der Waals surface area contributed by atoms with Crippen LogP contribution in [0.1, 0.15) is 11.1 Å². The molecule has 0 aliphatic carbocycles. The zero-order valence-electron chi connectivity index (χ0n) is 16.1. The minimum atomic E-state index is -0.475. The largest absolute Gasteiger partial charge is 0.507 e. The molecule has 0 atom stereocenters. The third-order valence-corrected chi connectivity index (χ3v) is 4.62. The smallest absolute Gasteiger partial charge is 0.336 e. The quantitative estimate of drug-likeness (QED) is 0.302. The molecule has 30 heavy (non-hydrogen) atoms. The predicted molar refractivity (Wildman–Crippen MR) is 114 cm³/mol. The molecule has 0 aliphatic rings. The average molecular weight is 402 g/mol. The Bertz CT molecular complexity index is 1340. The molecule has 150 valence electrons. The first kappa shape index (κ1) is 19.2. The second-order valence-electron chi connectivity index (χ2n) is 6.71. The summed E-state index contributed by atoms with van der Waals surface area (Å²) in [5, 5.41) is 16.6.